The van der Waals surface area contributed by atoms with Gasteiger partial charge in [-0.1, -0.05) is 68.4 Å². The third kappa shape index (κ3) is 6.43. The summed E-state index contributed by atoms with van der Waals surface area (Å²) in [6.07, 6.45) is 1.49. The fourth-order valence-electron chi connectivity index (χ4n) is 5.34. The highest BCUT2D eigenvalue weighted by Crippen LogP contribution is 2.29. The summed E-state index contributed by atoms with van der Waals surface area (Å²) in [7, 11) is 3.00. The second kappa shape index (κ2) is 12.9. The van der Waals surface area contributed by atoms with Gasteiger partial charge in [-0.25, -0.2) is 9.48 Å². The third-order valence-corrected chi connectivity index (χ3v) is 7.56. The molecule has 2 N–H and O–H groups in total. The Morgan fingerprint density at radius 1 is 1.02 bits per heavy atom. The molecule has 0 aliphatic heterocycles. The van der Waals surface area contributed by atoms with Gasteiger partial charge in [-0.05, 0) is 37.0 Å². The van der Waals surface area contributed by atoms with Crippen molar-refractivity contribution in [1.29, 1.82) is 0 Å². The van der Waals surface area contributed by atoms with Crippen LogP contribution in [0.15, 0.2) is 71.7 Å². The van der Waals surface area contributed by atoms with Gasteiger partial charge in [0.05, 0.1) is 18.9 Å². The summed E-state index contributed by atoms with van der Waals surface area (Å²) in [4.78, 5) is 51.9. The average Bonchev–Trinajstić information content (AvgIpc) is 3.27. The zero-order valence-electron chi connectivity index (χ0n) is 25.1. The maximum atomic E-state index is 13.7. The van der Waals surface area contributed by atoms with Crippen molar-refractivity contribution in [3.05, 3.63) is 105 Å². The summed E-state index contributed by atoms with van der Waals surface area (Å²) in [5.41, 5.74) is 3.69. The lowest BCUT2D eigenvalue weighted by atomic mass is 9.99. The summed E-state index contributed by atoms with van der Waals surface area (Å²) < 4.78 is 8.34. The first kappa shape index (κ1) is 31.0. The predicted octanol–water partition coefficient (Wildman–Crippen LogP) is 4.11. The predicted molar refractivity (Wildman–Crippen MR) is 162 cm³/mol. The van der Waals surface area contributed by atoms with Crippen LogP contribution in [0.4, 0.5) is 0 Å². The molecule has 10 heteroatoms. The van der Waals surface area contributed by atoms with Gasteiger partial charge in [0.2, 0.25) is 5.91 Å². The van der Waals surface area contributed by atoms with E-state index in [1.165, 1.54) is 18.0 Å². The summed E-state index contributed by atoms with van der Waals surface area (Å²) in [6.45, 7) is 7.40. The molecule has 1 amide bonds. The van der Waals surface area contributed by atoms with Gasteiger partial charge < -0.3 is 19.7 Å². The Hall–Kier alpha value is -4.99. The van der Waals surface area contributed by atoms with Crippen LogP contribution in [0, 0.1) is 19.8 Å². The number of amides is 1. The van der Waals surface area contributed by atoms with Crippen molar-refractivity contribution in [2.45, 2.75) is 46.2 Å². The van der Waals surface area contributed by atoms with Crippen molar-refractivity contribution in [2.24, 2.45) is 13.0 Å². The summed E-state index contributed by atoms with van der Waals surface area (Å²) in [5, 5.41) is 16.7. The minimum Gasteiger partial charge on any atom is -0.494 e. The molecule has 4 rings (SSSR count). The summed E-state index contributed by atoms with van der Waals surface area (Å²) in [6, 6.07) is 15.6. The number of hydrogen-bond acceptors (Lipinski definition) is 6. The largest absolute Gasteiger partial charge is 0.494 e. The first-order chi connectivity index (χ1) is 20.4. The van der Waals surface area contributed by atoms with E-state index in [0.29, 0.717) is 39.3 Å². The number of ether oxygens (including phenoxy) is 1. The van der Waals surface area contributed by atoms with E-state index in [0.717, 1.165) is 5.69 Å². The zero-order chi connectivity index (χ0) is 31.4. The lowest BCUT2D eigenvalue weighted by Crippen LogP contribution is -2.46. The second-order valence-corrected chi connectivity index (χ2v) is 10.9. The Labute approximate surface area is 249 Å². The smallest absolute Gasteiger partial charge is 0.326 e. The highest BCUT2D eigenvalue weighted by Gasteiger charge is 2.32. The van der Waals surface area contributed by atoms with Gasteiger partial charge in [0.15, 0.2) is 11.5 Å². The number of aryl methyl sites for hydroxylation is 2. The van der Waals surface area contributed by atoms with Crippen LogP contribution in [0.3, 0.4) is 0 Å². The average molecular weight is 585 g/mol. The number of carboxylic acid groups (broad SMARTS) is 1. The number of aliphatic carboxylic acids is 1. The maximum absolute atomic E-state index is 13.7. The summed E-state index contributed by atoms with van der Waals surface area (Å²) >= 11 is 0. The molecular weight excluding hydrogens is 548 g/mol. The molecule has 0 aliphatic rings. The standard InChI is InChI=1S/C33H36N4O6/c1-19(2)29(37-20(3)16-25(21(37)4)30(38)24-10-8-7-9-11-24)31(39)35-26(33(41)42)17-22-12-14-23(15-13-22)28-27(43-6)18-34-36(5)32(28)40/h7-16,18-19,26,29H,17H2,1-6H3,(H,35,39)(H,41,42)/t26-,29?/m0/s1. The van der Waals surface area contributed by atoms with E-state index in [2.05, 4.69) is 10.4 Å². The van der Waals surface area contributed by atoms with Crippen LogP contribution in [0.5, 0.6) is 5.75 Å². The molecule has 10 nitrogen and oxygen atoms in total. The van der Waals surface area contributed by atoms with Crippen LogP contribution >= 0.6 is 0 Å². The quantitative estimate of drug-likeness (QED) is 0.254. The maximum Gasteiger partial charge on any atom is 0.326 e. The molecule has 1 unspecified atom stereocenters. The molecule has 4 aromatic rings. The van der Waals surface area contributed by atoms with Crippen molar-refractivity contribution in [3.63, 3.8) is 0 Å². The highest BCUT2D eigenvalue weighted by molar-refractivity contribution is 6.10. The van der Waals surface area contributed by atoms with Gasteiger partial charge in [0, 0.05) is 36.0 Å². The number of rotatable bonds is 11. The van der Waals surface area contributed by atoms with Gasteiger partial charge in [0.1, 0.15) is 12.1 Å². The van der Waals surface area contributed by atoms with E-state index < -0.39 is 24.0 Å². The van der Waals surface area contributed by atoms with Gasteiger partial charge in [0.25, 0.3) is 5.56 Å². The van der Waals surface area contributed by atoms with Crippen molar-refractivity contribution in [3.8, 4) is 16.9 Å². The zero-order valence-corrected chi connectivity index (χ0v) is 25.1. The van der Waals surface area contributed by atoms with Crippen molar-refractivity contribution in [2.75, 3.05) is 7.11 Å². The normalized spacial score (nSPS) is 12.5. The van der Waals surface area contributed by atoms with Crippen molar-refractivity contribution < 1.29 is 24.2 Å². The number of aromatic nitrogens is 3. The van der Waals surface area contributed by atoms with E-state index in [1.54, 1.807) is 68.6 Å². The Bertz CT molecular complexity index is 1700. The lowest BCUT2D eigenvalue weighted by molar-refractivity contribution is -0.142. The van der Waals surface area contributed by atoms with Crippen molar-refractivity contribution in [1.82, 2.24) is 19.7 Å². The van der Waals surface area contributed by atoms with E-state index in [1.807, 2.05) is 31.4 Å². The van der Waals surface area contributed by atoms with Gasteiger partial charge in [-0.15, -0.1) is 0 Å². The number of carboxylic acids is 1. The number of nitrogens with zero attached hydrogens (tertiary/aromatic N) is 3. The number of carbonyl (C=O) groups excluding carboxylic acids is 2. The van der Waals surface area contributed by atoms with Crippen LogP contribution in [0.2, 0.25) is 0 Å². The number of carbonyl (C=O) groups is 3. The first-order valence-corrected chi connectivity index (χ1v) is 14.0. The fraction of sp³-hybridized carbons (Fsp3) is 0.303. The minimum atomic E-state index is -1.20. The van der Waals surface area contributed by atoms with Gasteiger partial charge in [-0.2, -0.15) is 5.10 Å². The second-order valence-electron chi connectivity index (χ2n) is 10.9. The van der Waals surface area contributed by atoms with E-state index in [-0.39, 0.29) is 23.7 Å². The molecule has 0 saturated carbocycles. The molecule has 0 saturated heterocycles. The Morgan fingerprint density at radius 3 is 2.26 bits per heavy atom. The van der Waals surface area contributed by atoms with E-state index >= 15 is 0 Å². The Balaban J connectivity index is 1.58. The highest BCUT2D eigenvalue weighted by atomic mass is 16.5. The van der Waals surface area contributed by atoms with Crippen molar-refractivity contribution >= 4 is 17.7 Å². The molecule has 0 spiro atoms. The molecule has 2 aromatic carbocycles. The Kier molecular flexibility index (Phi) is 9.28. The lowest BCUT2D eigenvalue weighted by Gasteiger charge is -2.27. The van der Waals surface area contributed by atoms with Crippen LogP contribution in [0.1, 0.15) is 52.8 Å². The minimum absolute atomic E-state index is 0.0268. The third-order valence-electron chi connectivity index (χ3n) is 7.56. The summed E-state index contributed by atoms with van der Waals surface area (Å²) in [5.74, 6) is -1.64. The number of nitrogens with one attached hydrogen (secondary N) is 1. The van der Waals surface area contributed by atoms with Gasteiger partial charge in [-0.3, -0.25) is 14.4 Å². The molecule has 0 aliphatic carbocycles. The topological polar surface area (TPSA) is 133 Å². The molecule has 0 bridgehead atoms. The monoisotopic (exact) mass is 584 g/mol. The Morgan fingerprint density at radius 2 is 1.67 bits per heavy atom. The molecule has 0 radical (unpaired) electrons. The molecule has 43 heavy (non-hydrogen) atoms. The number of ketones is 1. The molecular formula is C33H36N4O6. The molecule has 2 heterocycles. The number of benzene rings is 2. The SMILES string of the molecule is COc1cnn(C)c(=O)c1-c1ccc(C[C@H](NC(=O)C(C(C)C)n2c(C)cc(C(=O)c3ccccc3)c2C)C(=O)O)cc1. The fourth-order valence-corrected chi connectivity index (χ4v) is 5.34. The van der Waals surface area contributed by atoms with E-state index in [4.69, 9.17) is 4.74 Å². The molecule has 0 fully saturated rings. The van der Waals surface area contributed by atoms with Crippen LogP contribution in [-0.4, -0.2) is 50.3 Å². The number of hydrogen-bond donors (Lipinski definition) is 2. The van der Waals surface area contributed by atoms with Crippen LogP contribution in [0.25, 0.3) is 11.1 Å². The number of methoxy groups -OCH3 is 1. The first-order valence-electron chi connectivity index (χ1n) is 14.0. The molecule has 2 atom stereocenters. The van der Waals surface area contributed by atoms with Crippen LogP contribution < -0.4 is 15.6 Å². The van der Waals surface area contributed by atoms with E-state index in [9.17, 15) is 24.3 Å². The molecule has 224 valence electrons. The van der Waals surface area contributed by atoms with Crippen LogP contribution in [-0.2, 0) is 23.1 Å². The van der Waals surface area contributed by atoms with Gasteiger partial charge >= 0.3 is 5.97 Å². The molecule has 2 aromatic heterocycles.